The number of aromatic nitrogens is 2. The predicted octanol–water partition coefficient (Wildman–Crippen LogP) is 1.99. The van der Waals surface area contributed by atoms with E-state index in [4.69, 9.17) is 0 Å². The van der Waals surface area contributed by atoms with Crippen molar-refractivity contribution in [2.24, 2.45) is 0 Å². The minimum absolute atomic E-state index is 0.0683. The van der Waals surface area contributed by atoms with Gasteiger partial charge in [-0.05, 0) is 34.1 Å². The molecule has 0 atom stereocenters. The number of hydrogen-bond acceptors (Lipinski definition) is 2. The maximum atomic E-state index is 11.5. The van der Waals surface area contributed by atoms with Crippen LogP contribution in [0.15, 0.2) is 52.1 Å². The summed E-state index contributed by atoms with van der Waals surface area (Å²) in [5.74, 6) is 0. The summed E-state index contributed by atoms with van der Waals surface area (Å²) in [5, 5.41) is 0. The van der Waals surface area contributed by atoms with Gasteiger partial charge in [0.05, 0.1) is 11.9 Å². The minimum atomic E-state index is -0.0683. The molecule has 0 aliphatic heterocycles. The van der Waals surface area contributed by atoms with Gasteiger partial charge in [-0.1, -0.05) is 0 Å². The van der Waals surface area contributed by atoms with Crippen molar-refractivity contribution in [3.63, 3.8) is 0 Å². The first-order valence-corrected chi connectivity index (χ1v) is 4.85. The predicted molar refractivity (Wildman–Crippen MR) is 57.5 cm³/mol. The van der Waals surface area contributed by atoms with E-state index in [1.165, 1.54) is 10.6 Å². The Balaban J connectivity index is 2.63. The van der Waals surface area contributed by atoms with Crippen LogP contribution in [0.1, 0.15) is 0 Å². The zero-order valence-electron chi connectivity index (χ0n) is 7.22. The van der Waals surface area contributed by atoms with Gasteiger partial charge < -0.3 is 0 Å². The van der Waals surface area contributed by atoms with Gasteiger partial charge in [0.2, 0.25) is 0 Å². The van der Waals surface area contributed by atoms with E-state index in [1.807, 2.05) is 6.07 Å². The fraction of sp³-hybridized carbons (Fsp3) is 0. The molecule has 0 aliphatic rings. The molecule has 0 N–H and O–H groups in total. The van der Waals surface area contributed by atoms with Gasteiger partial charge in [-0.25, -0.2) is 0 Å². The van der Waals surface area contributed by atoms with Gasteiger partial charge in [0.15, 0.2) is 0 Å². The Hall–Kier alpha value is -1.42. The topological polar surface area (TPSA) is 34.9 Å². The van der Waals surface area contributed by atoms with Crippen molar-refractivity contribution < 1.29 is 0 Å². The standard InChI is InChI=1S/C10H7BrN2O/c11-8-3-4-10(14)13(7-8)9-2-1-5-12-6-9/h1-7H. The first-order chi connectivity index (χ1) is 6.77. The molecule has 0 aromatic carbocycles. The van der Waals surface area contributed by atoms with Crippen molar-refractivity contribution >= 4 is 15.9 Å². The van der Waals surface area contributed by atoms with E-state index in [2.05, 4.69) is 20.9 Å². The second-order valence-electron chi connectivity index (χ2n) is 2.77. The van der Waals surface area contributed by atoms with E-state index in [9.17, 15) is 4.79 Å². The Bertz CT molecular complexity index is 493. The third-order valence-electron chi connectivity index (χ3n) is 1.80. The molecule has 0 aliphatic carbocycles. The highest BCUT2D eigenvalue weighted by Crippen LogP contribution is 2.08. The van der Waals surface area contributed by atoms with Crippen LogP contribution in [0.3, 0.4) is 0 Å². The summed E-state index contributed by atoms with van der Waals surface area (Å²) in [5.41, 5.74) is 0.694. The van der Waals surface area contributed by atoms with Crippen molar-refractivity contribution in [1.29, 1.82) is 0 Å². The molecule has 2 heterocycles. The van der Waals surface area contributed by atoms with E-state index < -0.39 is 0 Å². The lowest BCUT2D eigenvalue weighted by Gasteiger charge is -2.03. The Labute approximate surface area is 89.2 Å². The smallest absolute Gasteiger partial charge is 0.255 e. The molecule has 70 valence electrons. The van der Waals surface area contributed by atoms with Gasteiger partial charge >= 0.3 is 0 Å². The summed E-state index contributed by atoms with van der Waals surface area (Å²) in [6, 6.07) is 6.86. The van der Waals surface area contributed by atoms with Crippen molar-refractivity contribution in [2.75, 3.05) is 0 Å². The molecule has 0 saturated carbocycles. The second-order valence-corrected chi connectivity index (χ2v) is 3.68. The molecule has 0 amide bonds. The third-order valence-corrected chi connectivity index (χ3v) is 2.27. The van der Waals surface area contributed by atoms with Gasteiger partial charge in [-0.2, -0.15) is 0 Å². The summed E-state index contributed by atoms with van der Waals surface area (Å²) in [6.07, 6.45) is 5.04. The summed E-state index contributed by atoms with van der Waals surface area (Å²) >= 11 is 3.31. The summed E-state index contributed by atoms with van der Waals surface area (Å²) in [7, 11) is 0. The fourth-order valence-corrected chi connectivity index (χ4v) is 1.50. The van der Waals surface area contributed by atoms with E-state index in [-0.39, 0.29) is 5.56 Å². The molecule has 2 aromatic rings. The summed E-state index contributed by atoms with van der Waals surface area (Å²) in [4.78, 5) is 15.4. The second kappa shape index (κ2) is 3.75. The molecule has 0 unspecified atom stereocenters. The molecule has 2 aromatic heterocycles. The van der Waals surface area contributed by atoms with Gasteiger partial charge in [0.25, 0.3) is 5.56 Å². The Morgan fingerprint density at radius 2 is 2.14 bits per heavy atom. The first-order valence-electron chi connectivity index (χ1n) is 4.06. The van der Waals surface area contributed by atoms with E-state index in [0.29, 0.717) is 0 Å². The fourth-order valence-electron chi connectivity index (χ4n) is 1.16. The highest BCUT2D eigenvalue weighted by Gasteiger charge is 1.98. The van der Waals surface area contributed by atoms with Crippen LogP contribution in [0.25, 0.3) is 5.69 Å². The molecule has 0 saturated heterocycles. The van der Waals surface area contributed by atoms with E-state index in [0.717, 1.165) is 10.2 Å². The lowest BCUT2D eigenvalue weighted by Crippen LogP contribution is -2.15. The largest absolute Gasteiger partial charge is 0.282 e. The number of nitrogens with zero attached hydrogens (tertiary/aromatic N) is 2. The van der Waals surface area contributed by atoms with Crippen LogP contribution in [0.5, 0.6) is 0 Å². The Morgan fingerprint density at radius 1 is 1.29 bits per heavy atom. The van der Waals surface area contributed by atoms with Crippen molar-refractivity contribution in [1.82, 2.24) is 9.55 Å². The molecular formula is C10H7BrN2O. The lowest BCUT2D eigenvalue weighted by atomic mass is 10.4. The van der Waals surface area contributed by atoms with Gasteiger partial charge in [0, 0.05) is 22.9 Å². The third kappa shape index (κ3) is 1.75. The molecule has 4 heteroatoms. The average molecular weight is 251 g/mol. The maximum Gasteiger partial charge on any atom is 0.255 e. The van der Waals surface area contributed by atoms with Crippen molar-refractivity contribution in [2.45, 2.75) is 0 Å². The molecule has 0 spiro atoms. The van der Waals surface area contributed by atoms with Crippen molar-refractivity contribution in [3.05, 3.63) is 57.7 Å². The lowest BCUT2D eigenvalue weighted by molar-refractivity contribution is 0.972. The van der Waals surface area contributed by atoms with Gasteiger partial charge in [0.1, 0.15) is 0 Å². The zero-order valence-corrected chi connectivity index (χ0v) is 8.81. The number of halogens is 1. The van der Waals surface area contributed by atoms with Crippen LogP contribution in [-0.4, -0.2) is 9.55 Å². The molecule has 0 bridgehead atoms. The van der Waals surface area contributed by atoms with E-state index >= 15 is 0 Å². The Kier molecular flexibility index (Phi) is 2.45. The molecule has 0 fully saturated rings. The molecular weight excluding hydrogens is 244 g/mol. The van der Waals surface area contributed by atoms with Crippen LogP contribution in [0.2, 0.25) is 0 Å². The van der Waals surface area contributed by atoms with Crippen LogP contribution in [0, 0.1) is 0 Å². The number of hydrogen-bond donors (Lipinski definition) is 0. The molecule has 3 nitrogen and oxygen atoms in total. The number of rotatable bonds is 1. The van der Waals surface area contributed by atoms with Crippen LogP contribution in [-0.2, 0) is 0 Å². The quantitative estimate of drug-likeness (QED) is 0.776. The van der Waals surface area contributed by atoms with E-state index in [1.54, 1.807) is 30.7 Å². The minimum Gasteiger partial charge on any atom is -0.282 e. The van der Waals surface area contributed by atoms with Crippen LogP contribution in [0.4, 0.5) is 0 Å². The van der Waals surface area contributed by atoms with Crippen molar-refractivity contribution in [3.8, 4) is 5.69 Å². The van der Waals surface area contributed by atoms with Crippen LogP contribution >= 0.6 is 15.9 Å². The van der Waals surface area contributed by atoms with Gasteiger partial charge in [-0.3, -0.25) is 14.3 Å². The molecule has 2 rings (SSSR count). The van der Waals surface area contributed by atoms with Crippen LogP contribution < -0.4 is 5.56 Å². The summed E-state index contributed by atoms with van der Waals surface area (Å²) < 4.78 is 2.40. The first kappa shape index (κ1) is 9.15. The maximum absolute atomic E-state index is 11.5. The Morgan fingerprint density at radius 3 is 2.86 bits per heavy atom. The average Bonchev–Trinajstić information content (AvgIpc) is 2.23. The molecule has 14 heavy (non-hydrogen) atoms. The monoisotopic (exact) mass is 250 g/mol. The molecule has 0 radical (unpaired) electrons. The normalized spacial score (nSPS) is 10.1. The summed E-state index contributed by atoms with van der Waals surface area (Å²) in [6.45, 7) is 0. The number of pyridine rings is 2. The highest BCUT2D eigenvalue weighted by molar-refractivity contribution is 9.10. The highest BCUT2D eigenvalue weighted by atomic mass is 79.9. The zero-order chi connectivity index (χ0) is 9.97. The van der Waals surface area contributed by atoms with Gasteiger partial charge in [-0.15, -0.1) is 0 Å². The SMILES string of the molecule is O=c1ccc(Br)cn1-c1cccnc1.